The molecule has 0 radical (unpaired) electrons. The largest absolute Gasteiger partial charge is 0.417 e. The standard InChI is InChI=1S/C10H8ClF6NO2S/c11-8(3-9(12,13)14)21(19,20)5-7-2-1-6(4-18-7)10(15,16)17/h1-2,4,8H,3,5H2. The summed E-state index contributed by atoms with van der Waals surface area (Å²) in [4.78, 5) is 3.27. The van der Waals surface area contributed by atoms with Crippen LogP contribution in [0.5, 0.6) is 0 Å². The van der Waals surface area contributed by atoms with E-state index >= 15 is 0 Å². The van der Waals surface area contributed by atoms with Gasteiger partial charge in [-0.25, -0.2) is 8.42 Å². The smallest absolute Gasteiger partial charge is 0.260 e. The van der Waals surface area contributed by atoms with Crippen LogP contribution in [0.25, 0.3) is 0 Å². The van der Waals surface area contributed by atoms with Crippen molar-refractivity contribution in [2.24, 2.45) is 0 Å². The van der Waals surface area contributed by atoms with E-state index in [1.165, 1.54) is 0 Å². The van der Waals surface area contributed by atoms with Crippen molar-refractivity contribution in [2.75, 3.05) is 0 Å². The average molecular weight is 356 g/mol. The first-order valence-electron chi connectivity index (χ1n) is 5.26. The minimum Gasteiger partial charge on any atom is -0.260 e. The molecule has 0 saturated heterocycles. The average Bonchev–Trinajstić information content (AvgIpc) is 2.25. The molecule has 0 aliphatic carbocycles. The van der Waals surface area contributed by atoms with Crippen LogP contribution in [-0.4, -0.2) is 24.3 Å². The van der Waals surface area contributed by atoms with Gasteiger partial charge in [0.2, 0.25) is 0 Å². The van der Waals surface area contributed by atoms with E-state index in [0.29, 0.717) is 12.3 Å². The number of sulfone groups is 1. The number of halogens is 7. The summed E-state index contributed by atoms with van der Waals surface area (Å²) in [5.41, 5.74) is -1.42. The zero-order valence-electron chi connectivity index (χ0n) is 10.0. The van der Waals surface area contributed by atoms with Crippen molar-refractivity contribution in [3.8, 4) is 0 Å². The van der Waals surface area contributed by atoms with Crippen LogP contribution in [-0.2, 0) is 21.8 Å². The second-order valence-electron chi connectivity index (χ2n) is 4.07. The lowest BCUT2D eigenvalue weighted by Crippen LogP contribution is -2.24. The number of alkyl halides is 7. The second-order valence-corrected chi connectivity index (χ2v) is 7.04. The maximum Gasteiger partial charge on any atom is 0.417 e. The molecule has 0 aliphatic rings. The van der Waals surface area contributed by atoms with E-state index in [0.717, 1.165) is 6.07 Å². The van der Waals surface area contributed by atoms with Gasteiger partial charge in [-0.05, 0) is 12.1 Å². The molecule has 1 rings (SSSR count). The Bertz CT molecular complexity index is 581. The third-order valence-electron chi connectivity index (χ3n) is 2.28. The number of aromatic nitrogens is 1. The van der Waals surface area contributed by atoms with Crippen molar-refractivity contribution >= 4 is 21.4 Å². The fraction of sp³-hybridized carbons (Fsp3) is 0.500. The minimum atomic E-state index is -4.77. The van der Waals surface area contributed by atoms with Crippen molar-refractivity contribution in [3.05, 3.63) is 29.6 Å². The lowest BCUT2D eigenvalue weighted by Gasteiger charge is -2.13. The maximum absolute atomic E-state index is 12.3. The highest BCUT2D eigenvalue weighted by atomic mass is 35.5. The van der Waals surface area contributed by atoms with Crippen LogP contribution in [0, 0.1) is 0 Å². The molecule has 0 N–H and O–H groups in total. The van der Waals surface area contributed by atoms with Crippen molar-refractivity contribution in [2.45, 2.75) is 29.2 Å². The highest BCUT2D eigenvalue weighted by Gasteiger charge is 2.37. The van der Waals surface area contributed by atoms with Crippen LogP contribution < -0.4 is 0 Å². The predicted octanol–water partition coefficient (Wildman–Crippen LogP) is 3.53. The van der Waals surface area contributed by atoms with Crippen molar-refractivity contribution in [1.29, 1.82) is 0 Å². The zero-order chi connectivity index (χ0) is 16.5. The fourth-order valence-corrected chi connectivity index (χ4v) is 2.85. The fourth-order valence-electron chi connectivity index (χ4n) is 1.28. The first kappa shape index (κ1) is 18.0. The Kier molecular flexibility index (Phi) is 5.14. The molecular weight excluding hydrogens is 348 g/mol. The summed E-state index contributed by atoms with van der Waals surface area (Å²) in [7, 11) is -4.39. The molecule has 0 fully saturated rings. The Morgan fingerprint density at radius 2 is 1.71 bits per heavy atom. The van der Waals surface area contributed by atoms with Gasteiger partial charge in [0.15, 0.2) is 9.84 Å². The topological polar surface area (TPSA) is 47.0 Å². The Morgan fingerprint density at radius 1 is 1.14 bits per heavy atom. The summed E-state index contributed by atoms with van der Waals surface area (Å²) < 4.78 is 93.9. The molecule has 1 aromatic heterocycles. The highest BCUT2D eigenvalue weighted by molar-refractivity contribution is 7.92. The molecule has 21 heavy (non-hydrogen) atoms. The van der Waals surface area contributed by atoms with Gasteiger partial charge < -0.3 is 0 Å². The van der Waals surface area contributed by atoms with E-state index in [2.05, 4.69) is 4.98 Å². The van der Waals surface area contributed by atoms with Gasteiger partial charge in [0.25, 0.3) is 0 Å². The second kappa shape index (κ2) is 5.99. The van der Waals surface area contributed by atoms with Gasteiger partial charge in [-0.1, -0.05) is 0 Å². The summed E-state index contributed by atoms with van der Waals surface area (Å²) >= 11 is 5.20. The van der Waals surface area contributed by atoms with E-state index < -0.39 is 44.6 Å². The first-order valence-corrected chi connectivity index (χ1v) is 7.41. The van der Waals surface area contributed by atoms with Gasteiger partial charge in [-0.15, -0.1) is 11.6 Å². The Hall–Kier alpha value is -1.03. The van der Waals surface area contributed by atoms with Crippen molar-refractivity contribution < 1.29 is 34.8 Å². The molecule has 1 heterocycles. The van der Waals surface area contributed by atoms with Gasteiger partial charge in [0.1, 0.15) is 4.71 Å². The van der Waals surface area contributed by atoms with Gasteiger partial charge in [-0.2, -0.15) is 26.3 Å². The summed E-state index contributed by atoms with van der Waals surface area (Å²) in [5.74, 6) is -0.977. The normalized spacial score (nSPS) is 15.0. The number of rotatable bonds is 4. The molecule has 1 unspecified atom stereocenters. The van der Waals surface area contributed by atoms with Crippen LogP contribution in [0.3, 0.4) is 0 Å². The quantitative estimate of drug-likeness (QED) is 0.613. The molecule has 1 aromatic rings. The minimum absolute atomic E-state index is 0.323. The Balaban J connectivity index is 2.85. The number of hydrogen-bond acceptors (Lipinski definition) is 3. The molecule has 0 bridgehead atoms. The third kappa shape index (κ3) is 5.70. The molecule has 3 nitrogen and oxygen atoms in total. The monoisotopic (exact) mass is 355 g/mol. The summed E-state index contributed by atoms with van der Waals surface area (Å²) in [6, 6.07) is 1.36. The molecule has 0 aromatic carbocycles. The summed E-state index contributed by atoms with van der Waals surface area (Å²) in [6.07, 6.45) is -10.8. The highest BCUT2D eigenvalue weighted by Crippen LogP contribution is 2.30. The van der Waals surface area contributed by atoms with Gasteiger partial charge >= 0.3 is 12.4 Å². The van der Waals surface area contributed by atoms with Gasteiger partial charge in [0, 0.05) is 6.20 Å². The third-order valence-corrected chi connectivity index (χ3v) is 4.90. The molecule has 0 aliphatic heterocycles. The first-order chi connectivity index (χ1) is 9.31. The Labute approximate surface area is 120 Å². The summed E-state index contributed by atoms with van der Waals surface area (Å²) in [5, 5.41) is 0. The van der Waals surface area contributed by atoms with E-state index in [4.69, 9.17) is 11.6 Å². The van der Waals surface area contributed by atoms with Crippen LogP contribution >= 0.6 is 11.6 Å². The predicted molar refractivity (Wildman–Crippen MR) is 62.2 cm³/mol. The van der Waals surface area contributed by atoms with Crippen molar-refractivity contribution in [3.63, 3.8) is 0 Å². The summed E-state index contributed by atoms with van der Waals surface area (Å²) in [6.45, 7) is 0. The van der Waals surface area contributed by atoms with Crippen LogP contribution in [0.4, 0.5) is 26.3 Å². The molecule has 11 heteroatoms. The maximum atomic E-state index is 12.3. The van der Waals surface area contributed by atoms with E-state index in [-0.39, 0.29) is 5.69 Å². The molecule has 0 spiro atoms. The number of hydrogen-bond donors (Lipinski definition) is 0. The van der Waals surface area contributed by atoms with Crippen LogP contribution in [0.15, 0.2) is 18.3 Å². The van der Waals surface area contributed by atoms with Crippen LogP contribution in [0.1, 0.15) is 17.7 Å². The van der Waals surface area contributed by atoms with Crippen molar-refractivity contribution in [1.82, 2.24) is 4.98 Å². The molecule has 0 saturated carbocycles. The molecule has 120 valence electrons. The van der Waals surface area contributed by atoms with Crippen LogP contribution in [0.2, 0.25) is 0 Å². The number of pyridine rings is 1. The van der Waals surface area contributed by atoms with Gasteiger partial charge in [0.05, 0.1) is 23.4 Å². The molecule has 1 atom stereocenters. The van der Waals surface area contributed by atoms with E-state index in [9.17, 15) is 34.8 Å². The lowest BCUT2D eigenvalue weighted by atomic mass is 10.2. The van der Waals surface area contributed by atoms with Gasteiger partial charge in [-0.3, -0.25) is 4.98 Å². The van der Waals surface area contributed by atoms with E-state index in [1.807, 2.05) is 0 Å². The number of nitrogens with zero attached hydrogens (tertiary/aromatic N) is 1. The van der Waals surface area contributed by atoms with E-state index in [1.54, 1.807) is 0 Å². The molecular formula is C10H8ClF6NO2S. The zero-order valence-corrected chi connectivity index (χ0v) is 11.6. The molecule has 0 amide bonds. The SMILES string of the molecule is O=S(=O)(Cc1ccc(C(F)(F)F)cn1)C(Cl)CC(F)(F)F. The lowest BCUT2D eigenvalue weighted by molar-refractivity contribution is -0.138. The Morgan fingerprint density at radius 3 is 2.10 bits per heavy atom.